The van der Waals surface area contributed by atoms with Gasteiger partial charge in [-0.05, 0) is 18.8 Å². The van der Waals surface area contributed by atoms with E-state index in [0.29, 0.717) is 23.7 Å². The van der Waals surface area contributed by atoms with Crippen LogP contribution in [0.5, 0.6) is 5.75 Å². The lowest BCUT2D eigenvalue weighted by atomic mass is 9.86. The Morgan fingerprint density at radius 3 is 2.56 bits per heavy atom. The Morgan fingerprint density at radius 2 is 1.94 bits per heavy atom. The van der Waals surface area contributed by atoms with Gasteiger partial charge in [-0.2, -0.15) is 0 Å². The fraction of sp³-hybridized carbons (Fsp3) is 0.667. The lowest BCUT2D eigenvalue weighted by Gasteiger charge is -2.29. The lowest BCUT2D eigenvalue weighted by Crippen LogP contribution is -2.31. The highest BCUT2D eigenvalue weighted by atomic mass is 16.5. The van der Waals surface area contributed by atoms with Crippen LogP contribution < -0.4 is 10.1 Å². The van der Waals surface area contributed by atoms with Crippen LogP contribution in [0.2, 0.25) is 0 Å². The van der Waals surface area contributed by atoms with Crippen LogP contribution in [0, 0.1) is 5.92 Å². The number of hydrogen-bond donors (Lipinski definition) is 1. The lowest BCUT2D eigenvalue weighted by molar-refractivity contribution is 0.348. The van der Waals surface area contributed by atoms with Crippen molar-refractivity contribution in [1.82, 2.24) is 9.97 Å². The third-order valence-electron chi connectivity index (χ3n) is 3.29. The second kappa shape index (κ2) is 5.14. The van der Waals surface area contributed by atoms with Gasteiger partial charge in [0, 0.05) is 6.04 Å². The highest BCUT2D eigenvalue weighted by molar-refractivity contribution is 5.28. The third kappa shape index (κ3) is 2.62. The number of nitrogens with zero attached hydrogens (tertiary/aromatic N) is 2. The molecule has 0 spiro atoms. The molecule has 1 saturated carbocycles. The van der Waals surface area contributed by atoms with E-state index < -0.39 is 0 Å². The molecule has 1 fully saturated rings. The second-order valence-corrected chi connectivity index (χ2v) is 4.46. The van der Waals surface area contributed by atoms with Gasteiger partial charge in [0.25, 0.3) is 0 Å². The Kier molecular flexibility index (Phi) is 3.59. The van der Waals surface area contributed by atoms with Crippen molar-refractivity contribution in [2.75, 3.05) is 12.4 Å². The zero-order valence-corrected chi connectivity index (χ0v) is 9.94. The maximum Gasteiger partial charge on any atom is 0.223 e. The highest BCUT2D eigenvalue weighted by Gasteiger charge is 2.21. The van der Waals surface area contributed by atoms with Crippen molar-refractivity contribution in [2.45, 2.75) is 38.6 Å². The summed E-state index contributed by atoms with van der Waals surface area (Å²) >= 11 is 0. The normalized spacial score (nSPS) is 25.1. The molecule has 1 N–H and O–H groups in total. The van der Waals surface area contributed by atoms with Crippen molar-refractivity contribution in [3.8, 4) is 5.75 Å². The SMILES string of the molecule is COc1cnc(NC2CCCCC2C)nc1. The van der Waals surface area contributed by atoms with Gasteiger partial charge in [0.15, 0.2) is 5.75 Å². The first-order valence-electron chi connectivity index (χ1n) is 5.92. The summed E-state index contributed by atoms with van der Waals surface area (Å²) < 4.78 is 5.03. The molecular formula is C12H19N3O. The summed E-state index contributed by atoms with van der Waals surface area (Å²) in [6.45, 7) is 2.29. The number of ether oxygens (including phenoxy) is 1. The molecule has 1 aromatic heterocycles. The molecule has 16 heavy (non-hydrogen) atoms. The van der Waals surface area contributed by atoms with Crippen molar-refractivity contribution < 1.29 is 4.74 Å². The maximum atomic E-state index is 5.03. The fourth-order valence-corrected chi connectivity index (χ4v) is 2.19. The molecule has 2 atom stereocenters. The standard InChI is InChI=1S/C12H19N3O/c1-9-5-3-4-6-11(9)15-12-13-7-10(16-2)8-14-12/h7-9,11H,3-6H2,1-2H3,(H,13,14,15). The summed E-state index contributed by atoms with van der Waals surface area (Å²) in [5.41, 5.74) is 0. The number of hydrogen-bond acceptors (Lipinski definition) is 4. The van der Waals surface area contributed by atoms with Crippen LogP contribution in [0.3, 0.4) is 0 Å². The van der Waals surface area contributed by atoms with Gasteiger partial charge in [-0.3, -0.25) is 0 Å². The van der Waals surface area contributed by atoms with Crippen molar-refractivity contribution in [1.29, 1.82) is 0 Å². The smallest absolute Gasteiger partial charge is 0.223 e. The van der Waals surface area contributed by atoms with Crippen molar-refractivity contribution in [3.63, 3.8) is 0 Å². The molecule has 88 valence electrons. The topological polar surface area (TPSA) is 47.0 Å². The van der Waals surface area contributed by atoms with Crippen molar-refractivity contribution in [2.24, 2.45) is 5.92 Å². The molecule has 1 aliphatic rings. The fourth-order valence-electron chi connectivity index (χ4n) is 2.19. The van der Waals surface area contributed by atoms with E-state index in [1.807, 2.05) is 0 Å². The summed E-state index contributed by atoms with van der Waals surface area (Å²) in [6.07, 6.45) is 8.57. The number of anilines is 1. The van der Waals surface area contributed by atoms with E-state index in [-0.39, 0.29) is 0 Å². The number of nitrogens with one attached hydrogen (secondary N) is 1. The highest BCUT2D eigenvalue weighted by Crippen LogP contribution is 2.25. The molecule has 1 heterocycles. The molecule has 1 aromatic rings. The average molecular weight is 221 g/mol. The van der Waals surface area contributed by atoms with E-state index in [0.717, 1.165) is 0 Å². The molecule has 0 aromatic carbocycles. The number of aromatic nitrogens is 2. The quantitative estimate of drug-likeness (QED) is 0.851. The minimum absolute atomic E-state index is 0.516. The van der Waals surface area contributed by atoms with Gasteiger partial charge in [-0.15, -0.1) is 0 Å². The van der Waals surface area contributed by atoms with Gasteiger partial charge in [-0.25, -0.2) is 9.97 Å². The zero-order chi connectivity index (χ0) is 11.4. The summed E-state index contributed by atoms with van der Waals surface area (Å²) in [4.78, 5) is 8.46. The largest absolute Gasteiger partial charge is 0.494 e. The minimum Gasteiger partial charge on any atom is -0.494 e. The molecule has 1 aliphatic carbocycles. The average Bonchev–Trinajstić information content (AvgIpc) is 2.33. The Hall–Kier alpha value is -1.32. The molecule has 4 heteroatoms. The predicted molar refractivity (Wildman–Crippen MR) is 63.6 cm³/mol. The van der Waals surface area contributed by atoms with Crippen LogP contribution in [-0.2, 0) is 0 Å². The Labute approximate surface area is 96.4 Å². The molecule has 4 nitrogen and oxygen atoms in total. The molecule has 0 saturated heterocycles. The van der Waals surface area contributed by atoms with E-state index in [1.54, 1.807) is 19.5 Å². The molecule has 0 amide bonds. The Bertz CT molecular complexity index is 326. The van der Waals surface area contributed by atoms with E-state index in [4.69, 9.17) is 4.74 Å². The second-order valence-electron chi connectivity index (χ2n) is 4.46. The van der Waals surface area contributed by atoms with Crippen molar-refractivity contribution >= 4 is 5.95 Å². The summed E-state index contributed by atoms with van der Waals surface area (Å²) in [7, 11) is 1.62. The first-order valence-corrected chi connectivity index (χ1v) is 5.92. The molecule has 0 aliphatic heterocycles. The third-order valence-corrected chi connectivity index (χ3v) is 3.29. The first kappa shape index (κ1) is 11.2. The molecule has 2 unspecified atom stereocenters. The summed E-state index contributed by atoms with van der Waals surface area (Å²) in [5.74, 6) is 2.11. The van der Waals surface area contributed by atoms with E-state index in [1.165, 1.54) is 25.7 Å². The zero-order valence-electron chi connectivity index (χ0n) is 9.94. The van der Waals surface area contributed by atoms with Gasteiger partial charge >= 0.3 is 0 Å². The minimum atomic E-state index is 0.516. The number of rotatable bonds is 3. The molecule has 2 rings (SSSR count). The van der Waals surface area contributed by atoms with Crippen LogP contribution in [-0.4, -0.2) is 23.1 Å². The Balaban J connectivity index is 1.96. The monoisotopic (exact) mass is 221 g/mol. The van der Waals surface area contributed by atoms with Gasteiger partial charge in [0.05, 0.1) is 19.5 Å². The maximum absolute atomic E-state index is 5.03. The van der Waals surface area contributed by atoms with Crippen LogP contribution in [0.15, 0.2) is 12.4 Å². The Morgan fingerprint density at radius 1 is 1.25 bits per heavy atom. The van der Waals surface area contributed by atoms with Crippen molar-refractivity contribution in [3.05, 3.63) is 12.4 Å². The molecule has 0 radical (unpaired) electrons. The predicted octanol–water partition coefficient (Wildman–Crippen LogP) is 2.48. The molecule has 0 bridgehead atoms. The summed E-state index contributed by atoms with van der Waals surface area (Å²) in [6, 6.07) is 0.516. The summed E-state index contributed by atoms with van der Waals surface area (Å²) in [5, 5.41) is 3.40. The van der Waals surface area contributed by atoms with Gasteiger partial charge in [0.2, 0.25) is 5.95 Å². The van der Waals surface area contributed by atoms with E-state index >= 15 is 0 Å². The van der Waals surface area contributed by atoms with Crippen LogP contribution in [0.1, 0.15) is 32.6 Å². The van der Waals surface area contributed by atoms with Crippen LogP contribution in [0.25, 0.3) is 0 Å². The molecular weight excluding hydrogens is 202 g/mol. The first-order chi connectivity index (χ1) is 7.79. The number of methoxy groups -OCH3 is 1. The van der Waals surface area contributed by atoms with Crippen LogP contribution in [0.4, 0.5) is 5.95 Å². The van der Waals surface area contributed by atoms with E-state index in [9.17, 15) is 0 Å². The van der Waals surface area contributed by atoms with Gasteiger partial charge < -0.3 is 10.1 Å². The van der Waals surface area contributed by atoms with Crippen LogP contribution >= 0.6 is 0 Å². The van der Waals surface area contributed by atoms with Gasteiger partial charge in [-0.1, -0.05) is 19.8 Å². The van der Waals surface area contributed by atoms with Gasteiger partial charge in [0.1, 0.15) is 0 Å². The van der Waals surface area contributed by atoms with E-state index in [2.05, 4.69) is 22.2 Å².